The first-order chi connectivity index (χ1) is 16.1. The highest BCUT2D eigenvalue weighted by Gasteiger charge is 2.21. The number of carbonyl (C=O) groups is 1. The molecule has 4 aromatic rings. The number of halogens is 2. The molecule has 1 aliphatic heterocycles. The predicted octanol–water partition coefficient (Wildman–Crippen LogP) is 4.27. The van der Waals surface area contributed by atoms with Crippen LogP contribution in [-0.4, -0.2) is 38.5 Å². The molecule has 33 heavy (non-hydrogen) atoms. The molecule has 0 radical (unpaired) electrons. The summed E-state index contributed by atoms with van der Waals surface area (Å²) < 4.78 is 15.5. The summed E-state index contributed by atoms with van der Waals surface area (Å²) in [6.07, 6.45) is 9.85. The molecule has 1 saturated heterocycles. The second kappa shape index (κ2) is 9.25. The van der Waals surface area contributed by atoms with Crippen LogP contribution in [0.15, 0.2) is 55.2 Å². The average Bonchev–Trinajstić information content (AvgIpc) is 3.23. The Morgan fingerprint density at radius 2 is 2.12 bits per heavy atom. The zero-order valence-electron chi connectivity index (χ0n) is 17.8. The largest absolute Gasteiger partial charge is 0.342 e. The monoisotopic (exact) mass is 464 g/mol. The van der Waals surface area contributed by atoms with E-state index in [9.17, 15) is 9.18 Å². The third-order valence-electron chi connectivity index (χ3n) is 5.82. The minimum absolute atomic E-state index is 0.0471. The van der Waals surface area contributed by atoms with E-state index in [-0.39, 0.29) is 17.6 Å². The van der Waals surface area contributed by atoms with Gasteiger partial charge in [-0.2, -0.15) is 0 Å². The first-order valence-electron chi connectivity index (χ1n) is 10.8. The van der Waals surface area contributed by atoms with Crippen molar-refractivity contribution in [2.45, 2.75) is 19.4 Å². The molecule has 1 unspecified atom stereocenters. The summed E-state index contributed by atoms with van der Waals surface area (Å²) in [5.74, 6) is -0.0383. The van der Waals surface area contributed by atoms with Gasteiger partial charge in [-0.05, 0) is 49.2 Å². The van der Waals surface area contributed by atoms with Crippen LogP contribution in [0.2, 0.25) is 5.02 Å². The molecule has 0 aromatic carbocycles. The van der Waals surface area contributed by atoms with Gasteiger partial charge >= 0.3 is 0 Å². The van der Waals surface area contributed by atoms with Crippen LogP contribution in [-0.2, 0) is 11.3 Å². The molecule has 1 atom stereocenters. The van der Waals surface area contributed by atoms with E-state index in [1.54, 1.807) is 18.5 Å². The Hall–Kier alpha value is -3.36. The van der Waals surface area contributed by atoms with E-state index in [2.05, 4.69) is 25.6 Å². The summed E-state index contributed by atoms with van der Waals surface area (Å²) in [6.45, 7) is 2.07. The highest BCUT2D eigenvalue weighted by Crippen LogP contribution is 2.31. The molecule has 1 fully saturated rings. The maximum Gasteiger partial charge on any atom is 0.229 e. The van der Waals surface area contributed by atoms with E-state index < -0.39 is 0 Å². The van der Waals surface area contributed by atoms with Gasteiger partial charge in [0.1, 0.15) is 11.6 Å². The molecule has 4 aromatic heterocycles. The number of nitrogens with zero attached hydrogens (tertiary/aromatic N) is 4. The van der Waals surface area contributed by atoms with Crippen LogP contribution in [0.4, 0.5) is 10.2 Å². The smallest absolute Gasteiger partial charge is 0.229 e. The highest BCUT2D eigenvalue weighted by molar-refractivity contribution is 6.33. The number of carbonyl (C=O) groups excluding carboxylic acids is 1. The number of nitrogens with one attached hydrogen (secondary N) is 2. The lowest BCUT2D eigenvalue weighted by Gasteiger charge is -2.21. The Bertz CT molecular complexity index is 1320. The van der Waals surface area contributed by atoms with Gasteiger partial charge in [0.05, 0.1) is 28.2 Å². The van der Waals surface area contributed by atoms with Gasteiger partial charge in [-0.3, -0.25) is 14.8 Å². The molecule has 0 saturated carbocycles. The second-order valence-electron chi connectivity index (χ2n) is 8.17. The van der Waals surface area contributed by atoms with Crippen molar-refractivity contribution in [1.29, 1.82) is 0 Å². The van der Waals surface area contributed by atoms with E-state index >= 15 is 0 Å². The minimum atomic E-state index is -0.370. The Balaban J connectivity index is 1.43. The third kappa shape index (κ3) is 4.72. The molecule has 0 aliphatic carbocycles. The first-order valence-corrected chi connectivity index (χ1v) is 11.2. The van der Waals surface area contributed by atoms with Crippen molar-refractivity contribution in [3.8, 4) is 11.1 Å². The lowest BCUT2D eigenvalue weighted by atomic mass is 9.99. The van der Waals surface area contributed by atoms with Gasteiger partial charge in [-0.1, -0.05) is 11.6 Å². The van der Waals surface area contributed by atoms with Gasteiger partial charge in [0.15, 0.2) is 0 Å². The van der Waals surface area contributed by atoms with Crippen LogP contribution in [0, 0.1) is 11.7 Å². The maximum absolute atomic E-state index is 13.5. The molecule has 7 nitrogen and oxygen atoms in total. The third-order valence-corrected chi connectivity index (χ3v) is 6.12. The van der Waals surface area contributed by atoms with Gasteiger partial charge in [-0.25, -0.2) is 9.37 Å². The number of aromatic nitrogens is 4. The topological polar surface area (TPSA) is 84.7 Å². The standard InChI is InChI=1S/C24H22ClFN6O/c25-20-13-30-23(31-24(33)16-2-1-4-27-10-16)8-19(20)17-7-22-21(29-11-17)3-5-32(22)14-15-6-18(26)12-28-9-15/h3,5-9,11-13,16,27H,1-2,4,10,14H2,(H,30,31,33). The Morgan fingerprint density at radius 3 is 2.94 bits per heavy atom. The van der Waals surface area contributed by atoms with Crippen LogP contribution in [0.25, 0.3) is 22.2 Å². The summed E-state index contributed by atoms with van der Waals surface area (Å²) in [5.41, 5.74) is 3.96. The molecule has 1 amide bonds. The highest BCUT2D eigenvalue weighted by atomic mass is 35.5. The number of amides is 1. The molecule has 0 bridgehead atoms. The summed E-state index contributed by atoms with van der Waals surface area (Å²) in [4.78, 5) is 25.4. The number of pyridine rings is 3. The van der Waals surface area contributed by atoms with Crippen LogP contribution in [0.3, 0.4) is 0 Å². The quantitative estimate of drug-likeness (QED) is 0.460. The van der Waals surface area contributed by atoms with Crippen molar-refractivity contribution in [3.63, 3.8) is 0 Å². The van der Waals surface area contributed by atoms with Crippen molar-refractivity contribution in [2.24, 2.45) is 5.92 Å². The van der Waals surface area contributed by atoms with Crippen molar-refractivity contribution in [1.82, 2.24) is 24.8 Å². The molecule has 5 rings (SSSR count). The SMILES string of the molecule is O=C(Nc1cc(-c2cnc3ccn(Cc4cncc(F)c4)c3c2)c(Cl)cn1)C1CCCNC1. The number of rotatable bonds is 5. The van der Waals surface area contributed by atoms with E-state index in [1.807, 2.05) is 22.9 Å². The van der Waals surface area contributed by atoms with Crippen LogP contribution in [0.1, 0.15) is 18.4 Å². The van der Waals surface area contributed by atoms with E-state index in [0.717, 1.165) is 47.1 Å². The second-order valence-corrected chi connectivity index (χ2v) is 8.57. The number of fused-ring (bicyclic) bond motifs is 1. The predicted molar refractivity (Wildman–Crippen MR) is 125 cm³/mol. The van der Waals surface area contributed by atoms with Crippen LogP contribution in [0.5, 0.6) is 0 Å². The minimum Gasteiger partial charge on any atom is -0.342 e. The van der Waals surface area contributed by atoms with Crippen molar-refractivity contribution < 1.29 is 9.18 Å². The van der Waals surface area contributed by atoms with Gasteiger partial charge in [0.25, 0.3) is 0 Å². The average molecular weight is 465 g/mol. The lowest BCUT2D eigenvalue weighted by molar-refractivity contribution is -0.120. The summed E-state index contributed by atoms with van der Waals surface area (Å²) in [7, 11) is 0. The maximum atomic E-state index is 13.5. The van der Waals surface area contributed by atoms with Crippen LogP contribution >= 0.6 is 11.6 Å². The van der Waals surface area contributed by atoms with E-state index in [4.69, 9.17) is 11.6 Å². The van der Waals surface area contributed by atoms with Crippen molar-refractivity contribution in [3.05, 3.63) is 71.7 Å². The summed E-state index contributed by atoms with van der Waals surface area (Å²) >= 11 is 6.46. The zero-order chi connectivity index (χ0) is 22.8. The van der Waals surface area contributed by atoms with Gasteiger partial charge < -0.3 is 15.2 Å². The fourth-order valence-electron chi connectivity index (χ4n) is 4.12. The van der Waals surface area contributed by atoms with Crippen molar-refractivity contribution in [2.75, 3.05) is 18.4 Å². The lowest BCUT2D eigenvalue weighted by Crippen LogP contribution is -2.37. The molecule has 5 heterocycles. The molecule has 2 N–H and O–H groups in total. The van der Waals surface area contributed by atoms with Gasteiger partial charge in [-0.15, -0.1) is 0 Å². The van der Waals surface area contributed by atoms with Gasteiger partial charge in [0.2, 0.25) is 5.91 Å². The molecule has 9 heteroatoms. The molecule has 1 aliphatic rings. The van der Waals surface area contributed by atoms with E-state index in [1.165, 1.54) is 18.5 Å². The molecule has 0 spiro atoms. The number of anilines is 1. The zero-order valence-corrected chi connectivity index (χ0v) is 18.5. The molecular formula is C24H22ClFN6O. The normalized spacial score (nSPS) is 16.1. The number of hydrogen-bond donors (Lipinski definition) is 2. The van der Waals surface area contributed by atoms with Gasteiger partial charge in [0, 0.05) is 49.0 Å². The van der Waals surface area contributed by atoms with Crippen LogP contribution < -0.4 is 10.6 Å². The van der Waals surface area contributed by atoms with E-state index in [0.29, 0.717) is 23.9 Å². The fourth-order valence-corrected chi connectivity index (χ4v) is 4.33. The molecular weight excluding hydrogens is 443 g/mol. The summed E-state index contributed by atoms with van der Waals surface area (Å²) in [6, 6.07) is 7.12. The Labute approximate surface area is 195 Å². The van der Waals surface area contributed by atoms with Crippen molar-refractivity contribution >= 4 is 34.4 Å². The molecule has 168 valence electrons. The number of piperidine rings is 1. The Morgan fingerprint density at radius 1 is 1.21 bits per heavy atom. The fraction of sp³-hybridized carbons (Fsp3) is 0.250. The number of hydrogen-bond acceptors (Lipinski definition) is 5. The first kappa shape index (κ1) is 21.5. The Kier molecular flexibility index (Phi) is 6.02. The summed E-state index contributed by atoms with van der Waals surface area (Å²) in [5, 5.41) is 6.62.